The van der Waals surface area contributed by atoms with Crippen LogP contribution in [-0.2, 0) is 13.0 Å². The molecule has 1 aliphatic rings. The van der Waals surface area contributed by atoms with Crippen LogP contribution in [0.4, 0.5) is 5.69 Å². The molecule has 1 heteroatoms. The number of allylic oxidation sites excluding steroid dienone is 1. The molecule has 0 spiro atoms. The summed E-state index contributed by atoms with van der Waals surface area (Å²) >= 11 is 0. The van der Waals surface area contributed by atoms with E-state index < -0.39 is 0 Å². The van der Waals surface area contributed by atoms with Crippen molar-refractivity contribution >= 4 is 16.5 Å². The maximum absolute atomic E-state index is 2.53. The third-order valence-electron chi connectivity index (χ3n) is 4.63. The van der Waals surface area contributed by atoms with E-state index in [0.29, 0.717) is 0 Å². The number of benzene rings is 3. The molecule has 0 unspecified atom stereocenters. The van der Waals surface area contributed by atoms with E-state index in [2.05, 4.69) is 83.8 Å². The first kappa shape index (κ1) is 14.1. The van der Waals surface area contributed by atoms with E-state index in [1.807, 2.05) is 0 Å². The van der Waals surface area contributed by atoms with Crippen molar-refractivity contribution in [3.8, 4) is 0 Å². The molecule has 1 aliphatic heterocycles. The molecule has 114 valence electrons. The molecule has 0 saturated carbocycles. The summed E-state index contributed by atoms with van der Waals surface area (Å²) in [5.74, 6) is 0. The summed E-state index contributed by atoms with van der Waals surface area (Å²) in [4.78, 5) is 2.53. The lowest BCUT2D eigenvalue weighted by Crippen LogP contribution is -2.25. The molecule has 0 atom stereocenters. The Hall–Kier alpha value is -2.54. The number of rotatable bonds is 2. The zero-order valence-corrected chi connectivity index (χ0v) is 13.3. The van der Waals surface area contributed by atoms with Crippen molar-refractivity contribution < 1.29 is 0 Å². The maximum Gasteiger partial charge on any atom is 0.0429 e. The van der Waals surface area contributed by atoms with E-state index in [1.54, 1.807) is 0 Å². The lowest BCUT2D eigenvalue weighted by molar-refractivity contribution is 0.784. The number of hydrogen-bond acceptors (Lipinski definition) is 1. The van der Waals surface area contributed by atoms with Crippen LogP contribution in [0.1, 0.15) is 17.5 Å². The molecule has 4 rings (SSSR count). The van der Waals surface area contributed by atoms with Gasteiger partial charge in [-0.05, 0) is 40.8 Å². The SMILES string of the molecule is C1=C\Cc2c(ccc3ccccc23)N(Cc2ccccc2)CC/1. The van der Waals surface area contributed by atoms with Gasteiger partial charge < -0.3 is 4.90 Å². The summed E-state index contributed by atoms with van der Waals surface area (Å²) in [6.45, 7) is 2.04. The second kappa shape index (κ2) is 6.29. The number of anilines is 1. The molecule has 0 amide bonds. The third-order valence-corrected chi connectivity index (χ3v) is 4.63. The highest BCUT2D eigenvalue weighted by molar-refractivity contribution is 5.90. The van der Waals surface area contributed by atoms with E-state index in [0.717, 1.165) is 25.9 Å². The predicted molar refractivity (Wildman–Crippen MR) is 98.9 cm³/mol. The van der Waals surface area contributed by atoms with Crippen LogP contribution in [0.3, 0.4) is 0 Å². The van der Waals surface area contributed by atoms with Gasteiger partial charge >= 0.3 is 0 Å². The Kier molecular flexibility index (Phi) is 3.85. The van der Waals surface area contributed by atoms with Crippen molar-refractivity contribution in [1.29, 1.82) is 0 Å². The van der Waals surface area contributed by atoms with Crippen molar-refractivity contribution in [2.75, 3.05) is 11.4 Å². The van der Waals surface area contributed by atoms with Gasteiger partial charge in [-0.2, -0.15) is 0 Å². The zero-order valence-electron chi connectivity index (χ0n) is 13.3. The Morgan fingerprint density at radius 2 is 1.61 bits per heavy atom. The van der Waals surface area contributed by atoms with Crippen molar-refractivity contribution in [3.05, 3.63) is 90.0 Å². The van der Waals surface area contributed by atoms with Gasteiger partial charge in [0.1, 0.15) is 0 Å². The summed E-state index contributed by atoms with van der Waals surface area (Å²) in [5.41, 5.74) is 4.21. The Balaban J connectivity index is 1.80. The molecule has 0 aromatic heterocycles. The van der Waals surface area contributed by atoms with Crippen LogP contribution in [0.15, 0.2) is 78.9 Å². The molecule has 0 fully saturated rings. The summed E-state index contributed by atoms with van der Waals surface area (Å²) in [6.07, 6.45) is 6.77. The van der Waals surface area contributed by atoms with E-state index in [-0.39, 0.29) is 0 Å². The molecule has 3 aromatic carbocycles. The quantitative estimate of drug-likeness (QED) is 0.577. The Labute approximate surface area is 137 Å². The minimum absolute atomic E-state index is 0.972. The van der Waals surface area contributed by atoms with Gasteiger partial charge in [0.2, 0.25) is 0 Å². The first-order valence-electron chi connectivity index (χ1n) is 8.36. The summed E-state index contributed by atoms with van der Waals surface area (Å²) in [7, 11) is 0. The highest BCUT2D eigenvalue weighted by Crippen LogP contribution is 2.32. The highest BCUT2D eigenvalue weighted by atomic mass is 15.1. The smallest absolute Gasteiger partial charge is 0.0429 e. The molecule has 1 heterocycles. The molecule has 0 radical (unpaired) electrons. The topological polar surface area (TPSA) is 3.24 Å². The van der Waals surface area contributed by atoms with Crippen molar-refractivity contribution in [3.63, 3.8) is 0 Å². The fourth-order valence-corrected chi connectivity index (χ4v) is 3.47. The molecule has 23 heavy (non-hydrogen) atoms. The van der Waals surface area contributed by atoms with Gasteiger partial charge in [-0.1, -0.05) is 72.8 Å². The van der Waals surface area contributed by atoms with Crippen molar-refractivity contribution in [2.24, 2.45) is 0 Å². The van der Waals surface area contributed by atoms with E-state index in [1.165, 1.54) is 27.6 Å². The number of nitrogens with zero attached hydrogens (tertiary/aromatic N) is 1. The summed E-state index contributed by atoms with van der Waals surface area (Å²) < 4.78 is 0. The molecule has 0 N–H and O–H groups in total. The van der Waals surface area contributed by atoms with Gasteiger partial charge in [0.25, 0.3) is 0 Å². The van der Waals surface area contributed by atoms with E-state index >= 15 is 0 Å². The average molecular weight is 299 g/mol. The fraction of sp³-hybridized carbons (Fsp3) is 0.182. The highest BCUT2D eigenvalue weighted by Gasteiger charge is 2.15. The van der Waals surface area contributed by atoms with E-state index in [4.69, 9.17) is 0 Å². The van der Waals surface area contributed by atoms with Crippen molar-refractivity contribution in [2.45, 2.75) is 19.4 Å². The molecule has 0 saturated heterocycles. The standard InChI is InChI=1S/C22H21N/c1-3-9-18(10-4-1)17-23-16-8-2-5-13-21-20-12-7-6-11-19(20)14-15-22(21)23/h1-7,9-12,14-15H,8,13,16-17H2/b5-2-. The molecular formula is C22H21N. The van der Waals surface area contributed by atoms with Gasteiger partial charge in [0.15, 0.2) is 0 Å². The van der Waals surface area contributed by atoms with Gasteiger partial charge in [-0.15, -0.1) is 0 Å². The lowest BCUT2D eigenvalue weighted by atomic mass is 9.97. The maximum atomic E-state index is 2.53. The van der Waals surface area contributed by atoms with Crippen LogP contribution in [0.5, 0.6) is 0 Å². The minimum Gasteiger partial charge on any atom is -0.367 e. The molecular weight excluding hydrogens is 278 g/mol. The van der Waals surface area contributed by atoms with Gasteiger partial charge in [-0.25, -0.2) is 0 Å². The second-order valence-corrected chi connectivity index (χ2v) is 6.16. The monoisotopic (exact) mass is 299 g/mol. The van der Waals surface area contributed by atoms with E-state index in [9.17, 15) is 0 Å². The largest absolute Gasteiger partial charge is 0.367 e. The normalized spacial score (nSPS) is 15.7. The first-order chi connectivity index (χ1) is 11.4. The number of hydrogen-bond donors (Lipinski definition) is 0. The Bertz CT molecular complexity index is 833. The molecule has 0 bridgehead atoms. The van der Waals surface area contributed by atoms with Crippen LogP contribution in [-0.4, -0.2) is 6.54 Å². The number of fused-ring (bicyclic) bond motifs is 3. The van der Waals surface area contributed by atoms with Crippen LogP contribution < -0.4 is 4.90 Å². The zero-order chi connectivity index (χ0) is 15.5. The first-order valence-corrected chi connectivity index (χ1v) is 8.36. The molecule has 3 aromatic rings. The van der Waals surface area contributed by atoms with Gasteiger partial charge in [0, 0.05) is 18.8 Å². The molecule has 0 aliphatic carbocycles. The lowest BCUT2D eigenvalue weighted by Gasteiger charge is -2.29. The Morgan fingerprint density at radius 3 is 2.52 bits per heavy atom. The average Bonchev–Trinajstić information content (AvgIpc) is 2.59. The van der Waals surface area contributed by atoms with Crippen LogP contribution in [0.25, 0.3) is 10.8 Å². The summed E-state index contributed by atoms with van der Waals surface area (Å²) in [6, 6.07) is 24.1. The van der Waals surface area contributed by atoms with Gasteiger partial charge in [0.05, 0.1) is 0 Å². The Morgan fingerprint density at radius 1 is 0.783 bits per heavy atom. The third kappa shape index (κ3) is 2.87. The van der Waals surface area contributed by atoms with Crippen LogP contribution >= 0.6 is 0 Å². The van der Waals surface area contributed by atoms with Crippen LogP contribution in [0, 0.1) is 0 Å². The van der Waals surface area contributed by atoms with Crippen LogP contribution in [0.2, 0.25) is 0 Å². The fourth-order valence-electron chi connectivity index (χ4n) is 3.47. The predicted octanol–water partition coefficient (Wildman–Crippen LogP) is 5.35. The summed E-state index contributed by atoms with van der Waals surface area (Å²) in [5, 5.41) is 2.72. The molecule has 1 nitrogen and oxygen atoms in total. The van der Waals surface area contributed by atoms with Gasteiger partial charge in [-0.3, -0.25) is 0 Å². The second-order valence-electron chi connectivity index (χ2n) is 6.16. The van der Waals surface area contributed by atoms with Crippen molar-refractivity contribution in [1.82, 2.24) is 0 Å². The minimum atomic E-state index is 0.972.